The SMILES string of the molecule is CCNCCCc1nnc(CCC2CCCC2)o1. The van der Waals surface area contributed by atoms with Gasteiger partial charge in [0.05, 0.1) is 0 Å². The molecule has 102 valence electrons. The maximum Gasteiger partial charge on any atom is 0.216 e. The lowest BCUT2D eigenvalue weighted by molar-refractivity contribution is 0.412. The predicted molar refractivity (Wildman–Crippen MR) is 71.4 cm³/mol. The van der Waals surface area contributed by atoms with E-state index in [9.17, 15) is 0 Å². The van der Waals surface area contributed by atoms with Gasteiger partial charge in [-0.15, -0.1) is 10.2 Å². The first kappa shape index (κ1) is 13.5. The van der Waals surface area contributed by atoms with E-state index >= 15 is 0 Å². The van der Waals surface area contributed by atoms with Gasteiger partial charge in [-0.05, 0) is 31.8 Å². The quantitative estimate of drug-likeness (QED) is 0.722. The average Bonchev–Trinajstić information content (AvgIpc) is 3.03. The molecule has 1 saturated carbocycles. The molecule has 2 rings (SSSR count). The van der Waals surface area contributed by atoms with Gasteiger partial charge in [-0.3, -0.25) is 0 Å². The summed E-state index contributed by atoms with van der Waals surface area (Å²) in [5.41, 5.74) is 0. The van der Waals surface area contributed by atoms with Gasteiger partial charge in [0, 0.05) is 12.8 Å². The highest BCUT2D eigenvalue weighted by Crippen LogP contribution is 2.28. The Morgan fingerprint density at radius 3 is 2.61 bits per heavy atom. The molecule has 0 aromatic carbocycles. The van der Waals surface area contributed by atoms with Gasteiger partial charge >= 0.3 is 0 Å². The highest BCUT2D eigenvalue weighted by Gasteiger charge is 2.16. The summed E-state index contributed by atoms with van der Waals surface area (Å²) >= 11 is 0. The van der Waals surface area contributed by atoms with E-state index in [1.807, 2.05) is 0 Å². The maximum atomic E-state index is 5.67. The van der Waals surface area contributed by atoms with Gasteiger partial charge < -0.3 is 9.73 Å². The Morgan fingerprint density at radius 2 is 1.89 bits per heavy atom. The summed E-state index contributed by atoms with van der Waals surface area (Å²) in [5, 5.41) is 11.6. The third kappa shape index (κ3) is 4.41. The molecule has 1 aromatic heterocycles. The Balaban J connectivity index is 1.65. The molecule has 0 unspecified atom stereocenters. The topological polar surface area (TPSA) is 51.0 Å². The average molecular weight is 251 g/mol. The van der Waals surface area contributed by atoms with Crippen molar-refractivity contribution in [2.45, 2.75) is 58.3 Å². The summed E-state index contributed by atoms with van der Waals surface area (Å²) in [6, 6.07) is 0. The van der Waals surface area contributed by atoms with E-state index in [0.717, 1.165) is 50.1 Å². The molecule has 1 N–H and O–H groups in total. The molecular formula is C14H25N3O. The lowest BCUT2D eigenvalue weighted by atomic mass is 10.0. The highest BCUT2D eigenvalue weighted by molar-refractivity contribution is 4.84. The Hall–Kier alpha value is -0.900. The van der Waals surface area contributed by atoms with Crippen molar-refractivity contribution in [3.63, 3.8) is 0 Å². The van der Waals surface area contributed by atoms with Crippen LogP contribution in [0.2, 0.25) is 0 Å². The molecule has 18 heavy (non-hydrogen) atoms. The van der Waals surface area contributed by atoms with Crippen LogP contribution < -0.4 is 5.32 Å². The largest absolute Gasteiger partial charge is 0.425 e. The number of nitrogens with one attached hydrogen (secondary N) is 1. The monoisotopic (exact) mass is 251 g/mol. The van der Waals surface area contributed by atoms with Gasteiger partial charge in [0.1, 0.15) is 0 Å². The third-order valence-electron chi connectivity index (χ3n) is 3.74. The van der Waals surface area contributed by atoms with Crippen molar-refractivity contribution in [1.29, 1.82) is 0 Å². The molecule has 0 bridgehead atoms. The van der Waals surface area contributed by atoms with Crippen LogP contribution in [0.3, 0.4) is 0 Å². The molecule has 0 atom stereocenters. The van der Waals surface area contributed by atoms with E-state index in [0.29, 0.717) is 0 Å². The van der Waals surface area contributed by atoms with Crippen molar-refractivity contribution < 1.29 is 4.42 Å². The summed E-state index contributed by atoms with van der Waals surface area (Å²) in [7, 11) is 0. The molecule has 1 aliphatic carbocycles. The van der Waals surface area contributed by atoms with Crippen LogP contribution in [0.1, 0.15) is 57.2 Å². The molecule has 1 fully saturated rings. The number of rotatable bonds is 8. The summed E-state index contributed by atoms with van der Waals surface area (Å²) in [6.07, 6.45) is 9.74. The molecule has 4 heteroatoms. The number of aryl methyl sites for hydroxylation is 2. The molecule has 0 aliphatic heterocycles. The zero-order valence-corrected chi connectivity index (χ0v) is 11.5. The van der Waals surface area contributed by atoms with Crippen LogP contribution in [0.4, 0.5) is 0 Å². The minimum Gasteiger partial charge on any atom is -0.425 e. The van der Waals surface area contributed by atoms with Crippen molar-refractivity contribution in [2.75, 3.05) is 13.1 Å². The second-order valence-corrected chi connectivity index (χ2v) is 5.24. The van der Waals surface area contributed by atoms with E-state index < -0.39 is 0 Å². The minimum atomic E-state index is 0.800. The predicted octanol–water partition coefficient (Wildman–Crippen LogP) is 2.73. The molecule has 0 amide bonds. The van der Waals surface area contributed by atoms with E-state index in [2.05, 4.69) is 22.4 Å². The van der Waals surface area contributed by atoms with E-state index in [4.69, 9.17) is 4.42 Å². The summed E-state index contributed by atoms with van der Waals surface area (Å²) in [5.74, 6) is 2.53. The zero-order valence-electron chi connectivity index (χ0n) is 11.5. The van der Waals surface area contributed by atoms with Gasteiger partial charge in [-0.2, -0.15) is 0 Å². The van der Waals surface area contributed by atoms with Gasteiger partial charge in [0.2, 0.25) is 11.8 Å². The maximum absolute atomic E-state index is 5.67. The fourth-order valence-corrected chi connectivity index (χ4v) is 2.66. The minimum absolute atomic E-state index is 0.800. The second-order valence-electron chi connectivity index (χ2n) is 5.24. The normalized spacial score (nSPS) is 16.5. The van der Waals surface area contributed by atoms with Crippen LogP contribution >= 0.6 is 0 Å². The van der Waals surface area contributed by atoms with E-state index in [-0.39, 0.29) is 0 Å². The van der Waals surface area contributed by atoms with Crippen LogP contribution in [0.5, 0.6) is 0 Å². The van der Waals surface area contributed by atoms with Crippen LogP contribution in [0.15, 0.2) is 4.42 Å². The van der Waals surface area contributed by atoms with Crippen LogP contribution in [-0.4, -0.2) is 23.3 Å². The smallest absolute Gasteiger partial charge is 0.216 e. The van der Waals surface area contributed by atoms with Gasteiger partial charge in [0.15, 0.2) is 0 Å². The molecule has 1 aromatic rings. The van der Waals surface area contributed by atoms with E-state index in [1.165, 1.54) is 32.1 Å². The molecular weight excluding hydrogens is 226 g/mol. The van der Waals surface area contributed by atoms with Crippen LogP contribution in [0, 0.1) is 5.92 Å². The van der Waals surface area contributed by atoms with Crippen molar-refractivity contribution in [1.82, 2.24) is 15.5 Å². The Kier molecular flexibility index (Phi) is 5.65. The third-order valence-corrected chi connectivity index (χ3v) is 3.74. The summed E-state index contributed by atoms with van der Waals surface area (Å²) in [4.78, 5) is 0. The van der Waals surface area contributed by atoms with Gasteiger partial charge in [-0.1, -0.05) is 32.6 Å². The molecule has 0 saturated heterocycles. The Bertz CT molecular complexity index is 332. The van der Waals surface area contributed by atoms with Crippen molar-refractivity contribution >= 4 is 0 Å². The second kappa shape index (κ2) is 7.52. The Morgan fingerprint density at radius 1 is 1.17 bits per heavy atom. The van der Waals surface area contributed by atoms with Crippen molar-refractivity contribution in [3.8, 4) is 0 Å². The first-order valence-electron chi connectivity index (χ1n) is 7.40. The number of aromatic nitrogens is 2. The number of nitrogens with zero attached hydrogens (tertiary/aromatic N) is 2. The lowest BCUT2D eigenvalue weighted by Gasteiger charge is -2.04. The van der Waals surface area contributed by atoms with Crippen LogP contribution in [-0.2, 0) is 12.8 Å². The molecule has 1 heterocycles. The fourth-order valence-electron chi connectivity index (χ4n) is 2.66. The molecule has 1 aliphatic rings. The lowest BCUT2D eigenvalue weighted by Crippen LogP contribution is -2.14. The number of hydrogen-bond donors (Lipinski definition) is 1. The first-order chi connectivity index (χ1) is 8.88. The highest BCUT2D eigenvalue weighted by atomic mass is 16.4. The van der Waals surface area contributed by atoms with Gasteiger partial charge in [0.25, 0.3) is 0 Å². The summed E-state index contributed by atoms with van der Waals surface area (Å²) < 4.78 is 5.67. The van der Waals surface area contributed by atoms with E-state index in [1.54, 1.807) is 0 Å². The van der Waals surface area contributed by atoms with Crippen LogP contribution in [0.25, 0.3) is 0 Å². The molecule has 0 radical (unpaired) electrons. The zero-order chi connectivity index (χ0) is 12.6. The summed E-state index contributed by atoms with van der Waals surface area (Å²) in [6.45, 7) is 4.17. The van der Waals surface area contributed by atoms with Crippen molar-refractivity contribution in [3.05, 3.63) is 11.8 Å². The molecule has 4 nitrogen and oxygen atoms in total. The fraction of sp³-hybridized carbons (Fsp3) is 0.857. The first-order valence-corrected chi connectivity index (χ1v) is 7.40. The Labute approximate surface area is 110 Å². The molecule has 0 spiro atoms. The standard InChI is InChI=1S/C14H25N3O/c1-2-15-11-5-8-13-16-17-14(18-13)10-9-12-6-3-4-7-12/h12,15H,2-11H2,1H3. The van der Waals surface area contributed by atoms with Gasteiger partial charge in [-0.25, -0.2) is 0 Å². The number of hydrogen-bond acceptors (Lipinski definition) is 4. The van der Waals surface area contributed by atoms with Crippen molar-refractivity contribution in [2.24, 2.45) is 5.92 Å².